The minimum Gasteiger partial charge on any atom is -0.338 e. The third-order valence-corrected chi connectivity index (χ3v) is 6.43. The summed E-state index contributed by atoms with van der Waals surface area (Å²) in [6.45, 7) is 0.727. The highest BCUT2D eigenvalue weighted by Crippen LogP contribution is 2.26. The molecule has 7 nitrogen and oxygen atoms in total. The van der Waals surface area contributed by atoms with E-state index in [2.05, 4.69) is 15.8 Å². The van der Waals surface area contributed by atoms with Crippen LogP contribution in [-0.4, -0.2) is 53.7 Å². The maximum atomic E-state index is 12.5. The molecule has 3 heterocycles. The van der Waals surface area contributed by atoms with E-state index in [9.17, 15) is 13.2 Å². The van der Waals surface area contributed by atoms with Gasteiger partial charge in [0.25, 0.3) is 0 Å². The highest BCUT2D eigenvalue weighted by atomic mass is 32.2. The number of sulfone groups is 1. The Morgan fingerprint density at radius 3 is 3.00 bits per heavy atom. The molecule has 1 saturated heterocycles. The van der Waals surface area contributed by atoms with Crippen molar-refractivity contribution >= 4 is 27.2 Å². The molecular formula is C15H20N4O3S2. The molecule has 130 valence electrons. The average Bonchev–Trinajstić information content (AvgIpc) is 3.18. The lowest BCUT2D eigenvalue weighted by Gasteiger charge is -2.35. The Morgan fingerprint density at radius 2 is 2.33 bits per heavy atom. The summed E-state index contributed by atoms with van der Waals surface area (Å²) in [5.41, 5.74) is 1.93. The second-order valence-electron chi connectivity index (χ2n) is 5.88. The van der Waals surface area contributed by atoms with Crippen molar-refractivity contribution in [3.05, 3.63) is 40.3 Å². The first-order valence-electron chi connectivity index (χ1n) is 7.69. The van der Waals surface area contributed by atoms with E-state index in [0.29, 0.717) is 6.54 Å². The molecule has 24 heavy (non-hydrogen) atoms. The van der Waals surface area contributed by atoms with Crippen LogP contribution in [0.4, 0.5) is 4.79 Å². The van der Waals surface area contributed by atoms with Gasteiger partial charge in [-0.05, 0) is 28.8 Å². The number of carbonyl (C=O) groups excluding carboxylic acids is 1. The van der Waals surface area contributed by atoms with Gasteiger partial charge in [-0.15, -0.1) is 0 Å². The maximum absolute atomic E-state index is 12.5. The van der Waals surface area contributed by atoms with Crippen LogP contribution in [0.3, 0.4) is 0 Å². The highest BCUT2D eigenvalue weighted by Gasteiger charge is 2.35. The van der Waals surface area contributed by atoms with Crippen LogP contribution in [-0.2, 0) is 23.3 Å². The third-order valence-electron chi connectivity index (χ3n) is 4.07. The first kappa shape index (κ1) is 17.0. The molecule has 0 spiro atoms. The van der Waals surface area contributed by atoms with E-state index in [1.165, 1.54) is 5.56 Å². The summed E-state index contributed by atoms with van der Waals surface area (Å²) in [6.07, 6.45) is 4.15. The van der Waals surface area contributed by atoms with Crippen LogP contribution < -0.4 is 5.32 Å². The number of amides is 2. The predicted molar refractivity (Wildman–Crippen MR) is 92.7 cm³/mol. The van der Waals surface area contributed by atoms with Crippen LogP contribution in [0.1, 0.15) is 17.2 Å². The molecule has 0 radical (unpaired) electrons. The number of aryl methyl sites for hydroxylation is 1. The molecular weight excluding hydrogens is 348 g/mol. The second kappa shape index (κ2) is 6.94. The van der Waals surface area contributed by atoms with E-state index in [1.54, 1.807) is 40.4 Å². The second-order valence-corrected chi connectivity index (χ2v) is 8.89. The zero-order chi connectivity index (χ0) is 17.2. The standard InChI is InChI=1S/C15H20N4O3S2/c1-18-9-13(8-17-18)14-11-24(21,22)7-5-19(14)15(20)16-4-2-12-3-6-23-10-12/h3,6,8-10,14H,2,4-5,7,11H2,1H3,(H,16,20)/t14-/m1/s1. The Morgan fingerprint density at radius 1 is 1.50 bits per heavy atom. The van der Waals surface area contributed by atoms with E-state index < -0.39 is 15.9 Å². The molecule has 1 N–H and O–H groups in total. The molecule has 1 fully saturated rings. The number of nitrogens with one attached hydrogen (secondary N) is 1. The minimum absolute atomic E-state index is 0.00170. The van der Waals surface area contributed by atoms with Gasteiger partial charge in [0.2, 0.25) is 0 Å². The Labute approximate surface area is 145 Å². The van der Waals surface area contributed by atoms with Crippen molar-refractivity contribution in [2.75, 3.05) is 24.6 Å². The SMILES string of the molecule is Cn1cc([C@H]2CS(=O)(=O)CCN2C(=O)NCCc2ccsc2)cn1. The van der Waals surface area contributed by atoms with Crippen molar-refractivity contribution in [3.63, 3.8) is 0 Å². The van der Waals surface area contributed by atoms with Gasteiger partial charge in [-0.1, -0.05) is 0 Å². The molecule has 2 aromatic rings. The van der Waals surface area contributed by atoms with Crippen molar-refractivity contribution in [1.82, 2.24) is 20.0 Å². The van der Waals surface area contributed by atoms with Crippen LogP contribution in [0.2, 0.25) is 0 Å². The summed E-state index contributed by atoms with van der Waals surface area (Å²) in [6, 6.07) is 1.32. The van der Waals surface area contributed by atoms with Gasteiger partial charge in [0.05, 0.1) is 23.7 Å². The van der Waals surface area contributed by atoms with Crippen LogP contribution in [0.15, 0.2) is 29.2 Å². The molecule has 0 saturated carbocycles. The first-order valence-corrected chi connectivity index (χ1v) is 10.5. The van der Waals surface area contributed by atoms with Gasteiger partial charge in [0.1, 0.15) is 0 Å². The molecule has 3 rings (SSSR count). The van der Waals surface area contributed by atoms with Gasteiger partial charge in [0, 0.05) is 31.9 Å². The molecule has 1 aliphatic heterocycles. The van der Waals surface area contributed by atoms with Crippen LogP contribution in [0.25, 0.3) is 0 Å². The Kier molecular flexibility index (Phi) is 4.91. The van der Waals surface area contributed by atoms with Gasteiger partial charge in [-0.2, -0.15) is 16.4 Å². The van der Waals surface area contributed by atoms with Crippen molar-refractivity contribution in [1.29, 1.82) is 0 Å². The van der Waals surface area contributed by atoms with Crippen molar-refractivity contribution in [3.8, 4) is 0 Å². The largest absolute Gasteiger partial charge is 0.338 e. The topological polar surface area (TPSA) is 84.3 Å². The summed E-state index contributed by atoms with van der Waals surface area (Å²) in [5, 5.41) is 11.0. The van der Waals surface area contributed by atoms with Gasteiger partial charge in [-0.25, -0.2) is 13.2 Å². The van der Waals surface area contributed by atoms with Gasteiger partial charge < -0.3 is 10.2 Å². The summed E-state index contributed by atoms with van der Waals surface area (Å²) >= 11 is 1.63. The van der Waals surface area contributed by atoms with Gasteiger partial charge >= 0.3 is 6.03 Å². The lowest BCUT2D eigenvalue weighted by atomic mass is 10.1. The molecule has 0 aromatic carbocycles. The summed E-state index contributed by atoms with van der Waals surface area (Å²) in [5.74, 6) is -0.0572. The number of aromatic nitrogens is 2. The van der Waals surface area contributed by atoms with E-state index in [-0.39, 0.29) is 24.1 Å². The maximum Gasteiger partial charge on any atom is 0.317 e. The number of nitrogens with zero attached hydrogens (tertiary/aromatic N) is 3. The molecule has 2 aromatic heterocycles. The lowest BCUT2D eigenvalue weighted by molar-refractivity contribution is 0.181. The van der Waals surface area contributed by atoms with E-state index in [1.807, 2.05) is 11.4 Å². The molecule has 0 aliphatic carbocycles. The average molecular weight is 368 g/mol. The summed E-state index contributed by atoms with van der Waals surface area (Å²) < 4.78 is 25.6. The Hall–Kier alpha value is -1.87. The number of rotatable bonds is 4. The molecule has 1 aliphatic rings. The predicted octanol–water partition coefficient (Wildman–Crippen LogP) is 1.21. The van der Waals surface area contributed by atoms with Crippen LogP contribution in [0, 0.1) is 0 Å². The molecule has 1 atom stereocenters. The Balaban J connectivity index is 1.68. The fraction of sp³-hybridized carbons (Fsp3) is 0.467. The number of carbonyl (C=O) groups is 1. The number of urea groups is 1. The summed E-state index contributed by atoms with van der Waals surface area (Å²) in [4.78, 5) is 14.1. The first-order chi connectivity index (χ1) is 11.4. The number of thiophene rings is 1. The van der Waals surface area contributed by atoms with E-state index >= 15 is 0 Å². The van der Waals surface area contributed by atoms with Crippen LogP contribution >= 0.6 is 11.3 Å². The van der Waals surface area contributed by atoms with Crippen molar-refractivity contribution < 1.29 is 13.2 Å². The lowest BCUT2D eigenvalue weighted by Crippen LogP contribution is -2.50. The fourth-order valence-electron chi connectivity index (χ4n) is 2.79. The van der Waals surface area contributed by atoms with Gasteiger partial charge in [-0.3, -0.25) is 4.68 Å². The zero-order valence-corrected chi connectivity index (χ0v) is 15.0. The number of hydrogen-bond donors (Lipinski definition) is 1. The number of hydrogen-bond acceptors (Lipinski definition) is 5. The highest BCUT2D eigenvalue weighted by molar-refractivity contribution is 7.91. The van der Waals surface area contributed by atoms with Crippen molar-refractivity contribution in [2.45, 2.75) is 12.5 Å². The Bertz CT molecular complexity index is 799. The smallest absolute Gasteiger partial charge is 0.317 e. The van der Waals surface area contributed by atoms with Crippen molar-refractivity contribution in [2.24, 2.45) is 7.05 Å². The van der Waals surface area contributed by atoms with Gasteiger partial charge in [0.15, 0.2) is 9.84 Å². The van der Waals surface area contributed by atoms with Crippen LogP contribution in [0.5, 0.6) is 0 Å². The molecule has 0 bridgehead atoms. The molecule has 2 amide bonds. The minimum atomic E-state index is -3.15. The summed E-state index contributed by atoms with van der Waals surface area (Å²) in [7, 11) is -1.38. The fourth-order valence-corrected chi connectivity index (χ4v) is 4.99. The zero-order valence-electron chi connectivity index (χ0n) is 13.4. The van der Waals surface area contributed by atoms with E-state index in [4.69, 9.17) is 0 Å². The molecule has 0 unspecified atom stereocenters. The quantitative estimate of drug-likeness (QED) is 0.879. The van der Waals surface area contributed by atoms with E-state index in [0.717, 1.165) is 12.0 Å². The molecule has 9 heteroatoms. The third kappa shape index (κ3) is 3.96. The monoisotopic (exact) mass is 368 g/mol. The normalized spacial score (nSPS) is 20.0.